The van der Waals surface area contributed by atoms with Crippen LogP contribution in [0, 0.1) is 0 Å². The highest BCUT2D eigenvalue weighted by Crippen LogP contribution is 1.74. The number of carbonyl (C=O) groups is 2. The van der Waals surface area contributed by atoms with E-state index >= 15 is 0 Å². The maximum Gasteiger partial charge on any atom is 0.269 e. The number of amides is 2. The van der Waals surface area contributed by atoms with Gasteiger partial charge >= 0.3 is 0 Å². The van der Waals surface area contributed by atoms with E-state index in [1.165, 1.54) is 0 Å². The Balaban J connectivity index is 3.25. The largest absolute Gasteiger partial charge is 0.372 e. The molecule has 0 aromatic rings. The van der Waals surface area contributed by atoms with Gasteiger partial charge < -0.3 is 10.5 Å². The fourth-order valence-electron chi connectivity index (χ4n) is 0.412. The van der Waals surface area contributed by atoms with Gasteiger partial charge in [0, 0.05) is 6.61 Å². The topological polar surface area (TPSA) is 90.7 Å². The summed E-state index contributed by atoms with van der Waals surface area (Å²) in [5, 5.41) is 0. The van der Waals surface area contributed by atoms with E-state index in [1.54, 1.807) is 6.92 Å². The Morgan fingerprint density at radius 1 is 1.42 bits per heavy atom. The van der Waals surface area contributed by atoms with Crippen molar-refractivity contribution in [1.82, 2.24) is 5.48 Å². The molecule has 0 aromatic heterocycles. The van der Waals surface area contributed by atoms with Crippen LogP contribution in [-0.2, 0) is 19.2 Å². The molecule has 0 aliphatic rings. The van der Waals surface area contributed by atoms with Crippen molar-refractivity contribution in [2.45, 2.75) is 6.92 Å². The van der Waals surface area contributed by atoms with Crippen molar-refractivity contribution in [1.29, 1.82) is 0 Å². The van der Waals surface area contributed by atoms with Crippen molar-refractivity contribution < 1.29 is 19.2 Å². The first-order valence-corrected chi connectivity index (χ1v) is 3.43. The molecule has 0 radical (unpaired) electrons. The summed E-state index contributed by atoms with van der Waals surface area (Å²) in [5.41, 5.74) is 6.72. The van der Waals surface area contributed by atoms with Crippen LogP contribution in [0.4, 0.5) is 0 Å². The average Bonchev–Trinajstić information content (AvgIpc) is 2.00. The van der Waals surface area contributed by atoms with E-state index in [9.17, 15) is 9.59 Å². The Morgan fingerprint density at radius 2 is 2.08 bits per heavy atom. The molecular weight excluding hydrogens is 164 g/mol. The highest BCUT2D eigenvalue weighted by Gasteiger charge is 2.00. The Kier molecular flexibility index (Phi) is 5.94. The van der Waals surface area contributed by atoms with E-state index < -0.39 is 11.8 Å². The second kappa shape index (κ2) is 6.56. The molecule has 0 aliphatic carbocycles. The van der Waals surface area contributed by atoms with Crippen LogP contribution < -0.4 is 11.2 Å². The first-order valence-electron chi connectivity index (χ1n) is 3.43. The first kappa shape index (κ1) is 10.9. The van der Waals surface area contributed by atoms with Gasteiger partial charge in [0.15, 0.2) is 6.61 Å². The number of ether oxygens (including phenoxy) is 1. The van der Waals surface area contributed by atoms with E-state index in [-0.39, 0.29) is 13.2 Å². The molecule has 0 heterocycles. The molecule has 6 nitrogen and oxygen atoms in total. The fraction of sp³-hybridized carbons (Fsp3) is 0.667. The summed E-state index contributed by atoms with van der Waals surface area (Å²) < 4.78 is 4.74. The monoisotopic (exact) mass is 176 g/mol. The van der Waals surface area contributed by atoms with Crippen LogP contribution in [0.25, 0.3) is 0 Å². The lowest BCUT2D eigenvalue weighted by Gasteiger charge is -2.03. The highest BCUT2D eigenvalue weighted by molar-refractivity contribution is 5.77. The maximum atomic E-state index is 10.7. The second-order valence-corrected chi connectivity index (χ2v) is 1.92. The van der Waals surface area contributed by atoms with Crippen molar-refractivity contribution in [3.05, 3.63) is 0 Å². The summed E-state index contributed by atoms with van der Waals surface area (Å²) in [4.78, 5) is 25.2. The molecule has 12 heavy (non-hydrogen) atoms. The predicted octanol–water partition coefficient (Wildman–Crippen LogP) is -1.44. The molecule has 2 amide bonds. The summed E-state index contributed by atoms with van der Waals surface area (Å²) in [5.74, 6) is -1.09. The normalized spacial score (nSPS) is 9.42. The van der Waals surface area contributed by atoms with E-state index in [0.29, 0.717) is 6.61 Å². The smallest absolute Gasteiger partial charge is 0.269 e. The predicted molar refractivity (Wildman–Crippen MR) is 39.8 cm³/mol. The Labute approximate surface area is 70.0 Å². The van der Waals surface area contributed by atoms with Gasteiger partial charge in [-0.3, -0.25) is 14.4 Å². The van der Waals surface area contributed by atoms with Crippen LogP contribution in [0.3, 0.4) is 0 Å². The van der Waals surface area contributed by atoms with Gasteiger partial charge in [-0.05, 0) is 6.92 Å². The minimum atomic E-state index is -0.647. The molecule has 70 valence electrons. The molecular formula is C6H12N2O4. The van der Waals surface area contributed by atoms with Crippen LogP contribution in [0.5, 0.6) is 0 Å². The third kappa shape index (κ3) is 6.97. The van der Waals surface area contributed by atoms with Gasteiger partial charge in [0.25, 0.3) is 5.91 Å². The number of hydrogen-bond acceptors (Lipinski definition) is 4. The van der Waals surface area contributed by atoms with Gasteiger partial charge in [-0.2, -0.15) is 0 Å². The van der Waals surface area contributed by atoms with Crippen molar-refractivity contribution in [3.8, 4) is 0 Å². The van der Waals surface area contributed by atoms with Crippen LogP contribution in [0.1, 0.15) is 6.92 Å². The van der Waals surface area contributed by atoms with Gasteiger partial charge in [-0.1, -0.05) is 0 Å². The van der Waals surface area contributed by atoms with E-state index in [4.69, 9.17) is 10.5 Å². The molecule has 0 saturated carbocycles. The molecule has 0 saturated heterocycles. The SMILES string of the molecule is CCOCC(=O)NOCC(N)=O. The van der Waals surface area contributed by atoms with Crippen molar-refractivity contribution >= 4 is 11.8 Å². The molecule has 0 aliphatic heterocycles. The van der Waals surface area contributed by atoms with Crippen LogP contribution in [0.2, 0.25) is 0 Å². The van der Waals surface area contributed by atoms with Gasteiger partial charge in [0.2, 0.25) is 5.91 Å². The van der Waals surface area contributed by atoms with Gasteiger partial charge in [0.1, 0.15) is 6.61 Å². The number of hydrogen-bond donors (Lipinski definition) is 2. The van der Waals surface area contributed by atoms with E-state index in [1.807, 2.05) is 5.48 Å². The zero-order valence-electron chi connectivity index (χ0n) is 6.83. The lowest BCUT2D eigenvalue weighted by atomic mass is 10.7. The van der Waals surface area contributed by atoms with Gasteiger partial charge in [0.05, 0.1) is 0 Å². The van der Waals surface area contributed by atoms with E-state index in [2.05, 4.69) is 4.84 Å². The standard InChI is InChI=1S/C6H12N2O4/c1-2-11-4-6(10)8-12-3-5(7)9/h2-4H2,1H3,(H2,7,9)(H,8,10). The summed E-state index contributed by atoms with van der Waals surface area (Å²) in [6.45, 7) is 1.79. The van der Waals surface area contributed by atoms with Gasteiger partial charge in [-0.25, -0.2) is 5.48 Å². The number of carbonyl (C=O) groups excluding carboxylic acids is 2. The molecule has 0 rings (SSSR count). The highest BCUT2D eigenvalue weighted by atomic mass is 16.7. The summed E-state index contributed by atoms with van der Waals surface area (Å²) >= 11 is 0. The van der Waals surface area contributed by atoms with Gasteiger partial charge in [-0.15, -0.1) is 0 Å². The van der Waals surface area contributed by atoms with Crippen molar-refractivity contribution in [3.63, 3.8) is 0 Å². The zero-order chi connectivity index (χ0) is 9.40. The summed E-state index contributed by atoms with van der Waals surface area (Å²) in [6, 6.07) is 0. The average molecular weight is 176 g/mol. The van der Waals surface area contributed by atoms with Crippen molar-refractivity contribution in [2.24, 2.45) is 5.73 Å². The second-order valence-electron chi connectivity index (χ2n) is 1.92. The van der Waals surface area contributed by atoms with Crippen LogP contribution in [0.15, 0.2) is 0 Å². The van der Waals surface area contributed by atoms with Crippen molar-refractivity contribution in [2.75, 3.05) is 19.8 Å². The Morgan fingerprint density at radius 3 is 2.58 bits per heavy atom. The third-order valence-electron chi connectivity index (χ3n) is 0.838. The Hall–Kier alpha value is -1.14. The Bertz CT molecular complexity index is 160. The molecule has 0 unspecified atom stereocenters. The lowest BCUT2D eigenvalue weighted by Crippen LogP contribution is -2.31. The molecule has 0 fully saturated rings. The minimum Gasteiger partial charge on any atom is -0.372 e. The number of nitrogens with one attached hydrogen (secondary N) is 1. The third-order valence-corrected chi connectivity index (χ3v) is 0.838. The number of rotatable bonds is 6. The fourth-order valence-corrected chi connectivity index (χ4v) is 0.412. The summed E-state index contributed by atoms with van der Waals surface area (Å²) in [6.07, 6.45) is 0. The molecule has 0 bridgehead atoms. The number of hydroxylamine groups is 1. The molecule has 0 aromatic carbocycles. The molecule has 0 spiro atoms. The van der Waals surface area contributed by atoms with E-state index in [0.717, 1.165) is 0 Å². The summed E-state index contributed by atoms with van der Waals surface area (Å²) in [7, 11) is 0. The number of nitrogens with two attached hydrogens (primary N) is 1. The molecule has 6 heteroatoms. The maximum absolute atomic E-state index is 10.7. The molecule has 0 atom stereocenters. The minimum absolute atomic E-state index is 0.0880. The first-order chi connectivity index (χ1) is 5.66. The number of primary amides is 1. The van der Waals surface area contributed by atoms with Crippen LogP contribution >= 0.6 is 0 Å². The zero-order valence-corrected chi connectivity index (χ0v) is 6.83. The lowest BCUT2D eigenvalue weighted by molar-refractivity contribution is -0.141. The molecule has 3 N–H and O–H groups in total. The quantitative estimate of drug-likeness (QED) is 0.485. The van der Waals surface area contributed by atoms with Crippen LogP contribution in [-0.4, -0.2) is 31.6 Å².